The van der Waals surface area contributed by atoms with Crippen LogP contribution in [0.2, 0.25) is 0 Å². The SMILES string of the molecule is O=C(O)CN(C(=O)c1ccccn1)C1CCCC1. The summed E-state index contributed by atoms with van der Waals surface area (Å²) in [5, 5.41) is 8.93. The minimum absolute atomic E-state index is 0.0376. The molecule has 0 bridgehead atoms. The van der Waals surface area contributed by atoms with Gasteiger partial charge in [-0.05, 0) is 25.0 Å². The summed E-state index contributed by atoms with van der Waals surface area (Å²) in [6.07, 6.45) is 5.41. The molecule has 5 heteroatoms. The predicted molar refractivity (Wildman–Crippen MR) is 65.2 cm³/mol. The standard InChI is InChI=1S/C13H16N2O3/c16-12(17)9-15(10-5-1-2-6-10)13(18)11-7-3-4-8-14-11/h3-4,7-8,10H,1-2,5-6,9H2,(H,16,17). The zero-order chi connectivity index (χ0) is 13.0. The van der Waals surface area contributed by atoms with Gasteiger partial charge in [-0.1, -0.05) is 18.9 Å². The maximum Gasteiger partial charge on any atom is 0.323 e. The Morgan fingerprint density at radius 3 is 2.61 bits per heavy atom. The molecule has 0 atom stereocenters. The third-order valence-corrected chi connectivity index (χ3v) is 3.22. The summed E-state index contributed by atoms with van der Waals surface area (Å²) in [5.74, 6) is -1.27. The van der Waals surface area contributed by atoms with E-state index < -0.39 is 5.97 Å². The fraction of sp³-hybridized carbons (Fsp3) is 0.462. The van der Waals surface area contributed by atoms with Crippen LogP contribution in [0, 0.1) is 0 Å². The van der Waals surface area contributed by atoms with Crippen LogP contribution < -0.4 is 0 Å². The minimum Gasteiger partial charge on any atom is -0.480 e. The topological polar surface area (TPSA) is 70.5 Å². The fourth-order valence-electron chi connectivity index (χ4n) is 2.36. The number of rotatable bonds is 4. The molecular formula is C13H16N2O3. The highest BCUT2D eigenvalue weighted by Gasteiger charge is 2.29. The lowest BCUT2D eigenvalue weighted by Gasteiger charge is -2.26. The van der Waals surface area contributed by atoms with Crippen molar-refractivity contribution in [2.24, 2.45) is 0 Å². The van der Waals surface area contributed by atoms with Crippen molar-refractivity contribution in [3.05, 3.63) is 30.1 Å². The largest absolute Gasteiger partial charge is 0.480 e. The molecule has 1 N–H and O–H groups in total. The molecule has 1 heterocycles. The molecule has 18 heavy (non-hydrogen) atoms. The second-order valence-corrected chi connectivity index (χ2v) is 4.48. The Kier molecular flexibility index (Phi) is 3.92. The molecule has 0 radical (unpaired) electrons. The zero-order valence-corrected chi connectivity index (χ0v) is 10.1. The molecular weight excluding hydrogens is 232 g/mol. The molecule has 1 fully saturated rings. The van der Waals surface area contributed by atoms with E-state index in [9.17, 15) is 9.59 Å². The van der Waals surface area contributed by atoms with E-state index in [4.69, 9.17) is 5.11 Å². The monoisotopic (exact) mass is 248 g/mol. The highest BCUT2D eigenvalue weighted by atomic mass is 16.4. The molecule has 1 amide bonds. The van der Waals surface area contributed by atoms with Gasteiger partial charge in [0, 0.05) is 12.2 Å². The van der Waals surface area contributed by atoms with Crippen LogP contribution in [0.15, 0.2) is 24.4 Å². The van der Waals surface area contributed by atoms with Gasteiger partial charge in [0.1, 0.15) is 12.2 Å². The van der Waals surface area contributed by atoms with Crippen LogP contribution >= 0.6 is 0 Å². The van der Waals surface area contributed by atoms with E-state index in [0.29, 0.717) is 5.69 Å². The number of carboxylic acid groups (broad SMARTS) is 1. The van der Waals surface area contributed by atoms with Gasteiger partial charge in [0.25, 0.3) is 5.91 Å². The molecule has 2 rings (SSSR count). The summed E-state index contributed by atoms with van der Waals surface area (Å²) in [6, 6.07) is 5.11. The van der Waals surface area contributed by atoms with E-state index in [0.717, 1.165) is 25.7 Å². The number of carbonyl (C=O) groups excluding carboxylic acids is 1. The molecule has 0 saturated heterocycles. The maximum atomic E-state index is 12.3. The average molecular weight is 248 g/mol. The molecule has 1 saturated carbocycles. The number of aliphatic carboxylic acids is 1. The maximum absolute atomic E-state index is 12.3. The van der Waals surface area contributed by atoms with Crippen LogP contribution in [0.3, 0.4) is 0 Å². The van der Waals surface area contributed by atoms with Gasteiger partial charge in [-0.3, -0.25) is 14.6 Å². The van der Waals surface area contributed by atoms with Gasteiger partial charge >= 0.3 is 5.97 Å². The van der Waals surface area contributed by atoms with Crippen molar-refractivity contribution in [1.82, 2.24) is 9.88 Å². The number of carbonyl (C=O) groups is 2. The second-order valence-electron chi connectivity index (χ2n) is 4.48. The van der Waals surface area contributed by atoms with Crippen molar-refractivity contribution in [2.75, 3.05) is 6.54 Å². The first-order valence-corrected chi connectivity index (χ1v) is 6.12. The Hall–Kier alpha value is -1.91. The lowest BCUT2D eigenvalue weighted by Crippen LogP contribution is -2.42. The van der Waals surface area contributed by atoms with Gasteiger partial charge in [-0.15, -0.1) is 0 Å². The van der Waals surface area contributed by atoms with Crippen LogP contribution in [0.1, 0.15) is 36.2 Å². The first-order valence-electron chi connectivity index (χ1n) is 6.12. The first kappa shape index (κ1) is 12.5. The molecule has 1 aromatic rings. The Morgan fingerprint density at radius 1 is 1.33 bits per heavy atom. The molecule has 0 spiro atoms. The van der Waals surface area contributed by atoms with Gasteiger partial charge < -0.3 is 10.0 Å². The molecule has 1 aliphatic carbocycles. The third-order valence-electron chi connectivity index (χ3n) is 3.22. The molecule has 0 unspecified atom stereocenters. The van der Waals surface area contributed by atoms with E-state index >= 15 is 0 Å². The van der Waals surface area contributed by atoms with Crippen LogP contribution in [0.5, 0.6) is 0 Å². The van der Waals surface area contributed by atoms with Gasteiger partial charge in [0.2, 0.25) is 0 Å². The Bertz CT molecular complexity index is 427. The van der Waals surface area contributed by atoms with Crippen LogP contribution in [0.4, 0.5) is 0 Å². The summed E-state index contributed by atoms with van der Waals surface area (Å²) in [4.78, 5) is 28.6. The number of nitrogens with zero attached hydrogens (tertiary/aromatic N) is 2. The summed E-state index contributed by atoms with van der Waals surface area (Å²) < 4.78 is 0. The molecule has 1 aromatic heterocycles. The van der Waals surface area contributed by atoms with Crippen molar-refractivity contribution in [2.45, 2.75) is 31.7 Å². The number of aromatic nitrogens is 1. The van der Waals surface area contributed by atoms with Crippen LogP contribution in [-0.2, 0) is 4.79 Å². The van der Waals surface area contributed by atoms with E-state index in [1.807, 2.05) is 0 Å². The normalized spacial score (nSPS) is 15.6. The van der Waals surface area contributed by atoms with Gasteiger partial charge in [0.05, 0.1) is 0 Å². The molecule has 1 aliphatic rings. The number of hydrogen-bond donors (Lipinski definition) is 1. The average Bonchev–Trinajstić information content (AvgIpc) is 2.89. The predicted octanol–water partition coefficient (Wildman–Crippen LogP) is 1.55. The van der Waals surface area contributed by atoms with E-state index in [-0.39, 0.29) is 18.5 Å². The highest BCUT2D eigenvalue weighted by molar-refractivity contribution is 5.94. The van der Waals surface area contributed by atoms with Gasteiger partial charge in [-0.2, -0.15) is 0 Å². The van der Waals surface area contributed by atoms with E-state index in [1.54, 1.807) is 24.4 Å². The summed E-state index contributed by atoms with van der Waals surface area (Å²) in [7, 11) is 0. The van der Waals surface area contributed by atoms with Crippen LogP contribution in [0.25, 0.3) is 0 Å². The molecule has 0 aromatic carbocycles. The fourth-order valence-corrected chi connectivity index (χ4v) is 2.36. The highest BCUT2D eigenvalue weighted by Crippen LogP contribution is 2.24. The Labute approximate surface area is 105 Å². The summed E-state index contributed by atoms with van der Waals surface area (Å²) in [5.41, 5.74) is 0.311. The van der Waals surface area contributed by atoms with Crippen molar-refractivity contribution >= 4 is 11.9 Å². The van der Waals surface area contributed by atoms with Crippen molar-refractivity contribution in [1.29, 1.82) is 0 Å². The molecule has 0 aliphatic heterocycles. The van der Waals surface area contributed by atoms with E-state index in [1.165, 1.54) is 4.90 Å². The molecule has 96 valence electrons. The Morgan fingerprint density at radius 2 is 2.06 bits per heavy atom. The minimum atomic E-state index is -0.980. The summed E-state index contributed by atoms with van der Waals surface area (Å²) >= 11 is 0. The lowest BCUT2D eigenvalue weighted by molar-refractivity contribution is -0.138. The smallest absolute Gasteiger partial charge is 0.323 e. The number of pyridine rings is 1. The van der Waals surface area contributed by atoms with Crippen molar-refractivity contribution in [3.63, 3.8) is 0 Å². The van der Waals surface area contributed by atoms with Crippen molar-refractivity contribution < 1.29 is 14.7 Å². The number of amides is 1. The lowest BCUT2D eigenvalue weighted by atomic mass is 10.2. The second kappa shape index (κ2) is 5.62. The zero-order valence-electron chi connectivity index (χ0n) is 10.1. The quantitative estimate of drug-likeness (QED) is 0.877. The van der Waals surface area contributed by atoms with Crippen molar-refractivity contribution in [3.8, 4) is 0 Å². The van der Waals surface area contributed by atoms with Crippen LogP contribution in [-0.4, -0.2) is 39.5 Å². The van der Waals surface area contributed by atoms with E-state index in [2.05, 4.69) is 4.98 Å². The third kappa shape index (κ3) is 2.85. The summed E-state index contributed by atoms with van der Waals surface area (Å²) in [6.45, 7) is -0.250. The van der Waals surface area contributed by atoms with Gasteiger partial charge in [-0.25, -0.2) is 0 Å². The van der Waals surface area contributed by atoms with Gasteiger partial charge in [0.15, 0.2) is 0 Å². The molecule has 5 nitrogen and oxygen atoms in total. The number of hydrogen-bond acceptors (Lipinski definition) is 3. The first-order chi connectivity index (χ1) is 8.68. The number of carboxylic acids is 1. The Balaban J connectivity index is 2.17.